The second-order valence-corrected chi connectivity index (χ2v) is 3.59. The fourth-order valence-electron chi connectivity index (χ4n) is 0.847. The first-order chi connectivity index (χ1) is 7.97. The third-order valence-electron chi connectivity index (χ3n) is 1.69. The van der Waals surface area contributed by atoms with E-state index < -0.39 is 11.9 Å². The van der Waals surface area contributed by atoms with Gasteiger partial charge in [-0.25, -0.2) is 4.79 Å². The van der Waals surface area contributed by atoms with Crippen LogP contribution in [0.1, 0.15) is 13.3 Å². The molecule has 96 valence electrons. The van der Waals surface area contributed by atoms with Crippen LogP contribution in [0.15, 0.2) is 12.2 Å². The van der Waals surface area contributed by atoms with Crippen LogP contribution in [0, 0.1) is 0 Å². The van der Waals surface area contributed by atoms with Crippen molar-refractivity contribution in [1.82, 2.24) is 16.0 Å². The van der Waals surface area contributed by atoms with Crippen LogP contribution in [-0.2, 0) is 9.59 Å². The molecule has 0 aromatic carbocycles. The molecule has 7 heteroatoms. The van der Waals surface area contributed by atoms with E-state index in [-0.39, 0.29) is 11.8 Å². The minimum atomic E-state index is -0.595. The Kier molecular flexibility index (Phi) is 7.79. The van der Waals surface area contributed by atoms with Gasteiger partial charge in [0.25, 0.3) is 0 Å². The normalized spacial score (nSPS) is 9.29. The molecule has 0 aliphatic carbocycles. The van der Waals surface area contributed by atoms with E-state index in [0.717, 1.165) is 0 Å². The first-order valence-electron chi connectivity index (χ1n) is 5.04. The van der Waals surface area contributed by atoms with Crippen LogP contribution in [0.3, 0.4) is 0 Å². The van der Waals surface area contributed by atoms with Gasteiger partial charge in [0, 0.05) is 18.7 Å². The van der Waals surface area contributed by atoms with Crippen molar-refractivity contribution in [2.75, 3.05) is 19.0 Å². The highest BCUT2D eigenvalue weighted by Gasteiger charge is 2.05. The number of rotatable bonds is 6. The molecular weight excluding hydrogens is 246 g/mol. The molecule has 0 atom stereocenters. The predicted molar refractivity (Wildman–Crippen MR) is 64.7 cm³/mol. The van der Waals surface area contributed by atoms with Crippen LogP contribution in [0.2, 0.25) is 0 Å². The number of carbonyl (C=O) groups excluding carboxylic acids is 3. The van der Waals surface area contributed by atoms with Crippen LogP contribution in [0.5, 0.6) is 0 Å². The van der Waals surface area contributed by atoms with Crippen LogP contribution in [0.25, 0.3) is 0 Å². The van der Waals surface area contributed by atoms with Gasteiger partial charge in [0.2, 0.25) is 11.8 Å². The summed E-state index contributed by atoms with van der Waals surface area (Å²) in [5, 5.41) is 7.08. The Hall–Kier alpha value is -1.56. The van der Waals surface area contributed by atoms with Crippen molar-refractivity contribution in [2.45, 2.75) is 13.3 Å². The first-order valence-corrected chi connectivity index (χ1v) is 5.58. The maximum Gasteiger partial charge on any atom is 0.321 e. The van der Waals surface area contributed by atoms with Crippen LogP contribution in [0.4, 0.5) is 4.79 Å². The van der Waals surface area contributed by atoms with E-state index in [1.165, 1.54) is 0 Å². The molecule has 17 heavy (non-hydrogen) atoms. The van der Waals surface area contributed by atoms with E-state index in [4.69, 9.17) is 11.6 Å². The Morgan fingerprint density at radius 2 is 1.76 bits per heavy atom. The number of hydrogen-bond donors (Lipinski definition) is 3. The maximum absolute atomic E-state index is 11.1. The minimum absolute atomic E-state index is 0.216. The number of imide groups is 1. The molecule has 0 saturated carbocycles. The molecule has 0 bridgehead atoms. The molecule has 0 heterocycles. The molecule has 0 spiro atoms. The number of nitrogens with one attached hydrogen (secondary N) is 3. The number of halogens is 1. The quantitative estimate of drug-likeness (QED) is 0.361. The fraction of sp³-hybridized carbons (Fsp3) is 0.500. The molecule has 0 aliphatic heterocycles. The zero-order valence-electron chi connectivity index (χ0n) is 9.64. The number of amides is 4. The van der Waals surface area contributed by atoms with Gasteiger partial charge in [-0.1, -0.05) is 6.58 Å². The molecule has 0 aromatic rings. The summed E-state index contributed by atoms with van der Waals surface area (Å²) < 4.78 is 0. The van der Waals surface area contributed by atoms with E-state index in [0.29, 0.717) is 25.1 Å². The van der Waals surface area contributed by atoms with Crippen molar-refractivity contribution >= 4 is 29.4 Å². The highest BCUT2D eigenvalue weighted by molar-refractivity contribution is 6.28. The van der Waals surface area contributed by atoms with Gasteiger partial charge in [-0.05, 0) is 13.3 Å². The van der Waals surface area contributed by atoms with E-state index in [1.54, 1.807) is 6.92 Å². The zero-order valence-corrected chi connectivity index (χ0v) is 10.4. The highest BCUT2D eigenvalue weighted by Crippen LogP contribution is 1.85. The maximum atomic E-state index is 11.1. The van der Waals surface area contributed by atoms with Crippen LogP contribution >= 0.6 is 11.6 Å². The van der Waals surface area contributed by atoms with Gasteiger partial charge in [0.1, 0.15) is 5.88 Å². The zero-order chi connectivity index (χ0) is 13.3. The summed E-state index contributed by atoms with van der Waals surface area (Å²) in [4.78, 5) is 32.8. The molecule has 0 radical (unpaired) electrons. The molecule has 0 fully saturated rings. The molecule has 0 aliphatic rings. The lowest BCUT2D eigenvalue weighted by molar-refractivity contribution is -0.118. The number of urea groups is 1. The van der Waals surface area contributed by atoms with Crippen molar-refractivity contribution in [1.29, 1.82) is 0 Å². The predicted octanol–water partition coefficient (Wildman–Crippen LogP) is 0.133. The molecule has 0 saturated heterocycles. The van der Waals surface area contributed by atoms with Gasteiger partial charge in [-0.3, -0.25) is 14.9 Å². The smallest absolute Gasteiger partial charge is 0.321 e. The molecule has 0 rings (SSSR count). The molecule has 0 aromatic heterocycles. The Balaban J connectivity index is 3.52. The van der Waals surface area contributed by atoms with Crippen molar-refractivity contribution in [3.63, 3.8) is 0 Å². The summed E-state index contributed by atoms with van der Waals surface area (Å²) in [7, 11) is 0. The topological polar surface area (TPSA) is 87.3 Å². The average Bonchev–Trinajstić information content (AvgIpc) is 2.27. The first kappa shape index (κ1) is 15.4. The second-order valence-electron chi connectivity index (χ2n) is 3.33. The van der Waals surface area contributed by atoms with Crippen molar-refractivity contribution in [3.05, 3.63) is 12.2 Å². The van der Waals surface area contributed by atoms with E-state index in [2.05, 4.69) is 17.2 Å². The van der Waals surface area contributed by atoms with Gasteiger partial charge in [0.15, 0.2) is 0 Å². The Morgan fingerprint density at radius 3 is 2.29 bits per heavy atom. The lowest BCUT2D eigenvalue weighted by Crippen LogP contribution is -2.41. The van der Waals surface area contributed by atoms with E-state index in [1.807, 2.05) is 5.32 Å². The van der Waals surface area contributed by atoms with E-state index in [9.17, 15) is 14.4 Å². The lowest BCUT2D eigenvalue weighted by Gasteiger charge is -2.06. The third-order valence-corrected chi connectivity index (χ3v) is 1.93. The molecule has 3 N–H and O–H groups in total. The lowest BCUT2D eigenvalue weighted by atomic mass is 10.3. The Labute approximate surface area is 105 Å². The summed E-state index contributed by atoms with van der Waals surface area (Å²) in [5.74, 6) is -1.03. The minimum Gasteiger partial charge on any atom is -0.352 e. The molecule has 0 unspecified atom stereocenters. The van der Waals surface area contributed by atoms with Gasteiger partial charge in [-0.15, -0.1) is 11.6 Å². The number of alkyl halides is 1. The summed E-state index contributed by atoms with van der Waals surface area (Å²) in [6.07, 6.45) is 0.557. The molecular formula is C10H16ClN3O3. The van der Waals surface area contributed by atoms with Crippen molar-refractivity contribution in [3.8, 4) is 0 Å². The number of hydrogen-bond acceptors (Lipinski definition) is 3. The second kappa shape index (κ2) is 8.58. The van der Waals surface area contributed by atoms with Gasteiger partial charge < -0.3 is 10.6 Å². The SMILES string of the molecule is C=C(C)C(=O)NCCCNC(=O)NC(=O)CCl. The van der Waals surface area contributed by atoms with Gasteiger partial charge in [0.05, 0.1) is 0 Å². The van der Waals surface area contributed by atoms with Crippen LogP contribution < -0.4 is 16.0 Å². The summed E-state index contributed by atoms with van der Waals surface area (Å²) in [6.45, 7) is 5.86. The molecule has 6 nitrogen and oxygen atoms in total. The third kappa shape index (κ3) is 8.27. The number of carbonyl (C=O) groups is 3. The van der Waals surface area contributed by atoms with Crippen molar-refractivity contribution < 1.29 is 14.4 Å². The average molecular weight is 262 g/mol. The summed E-state index contributed by atoms with van der Waals surface area (Å²) in [5.41, 5.74) is 0.434. The highest BCUT2D eigenvalue weighted by atomic mass is 35.5. The Bertz CT molecular complexity index is 318. The van der Waals surface area contributed by atoms with Gasteiger partial charge >= 0.3 is 6.03 Å². The Morgan fingerprint density at radius 1 is 1.18 bits per heavy atom. The summed E-state index contributed by atoms with van der Waals surface area (Å²) in [6, 6.07) is -0.595. The van der Waals surface area contributed by atoms with E-state index >= 15 is 0 Å². The fourth-order valence-corrected chi connectivity index (χ4v) is 0.914. The van der Waals surface area contributed by atoms with Crippen molar-refractivity contribution in [2.24, 2.45) is 0 Å². The van der Waals surface area contributed by atoms with Gasteiger partial charge in [-0.2, -0.15) is 0 Å². The monoisotopic (exact) mass is 261 g/mol. The largest absolute Gasteiger partial charge is 0.352 e. The van der Waals surface area contributed by atoms with Crippen LogP contribution in [-0.4, -0.2) is 36.8 Å². The summed E-state index contributed by atoms with van der Waals surface area (Å²) >= 11 is 5.20. The molecule has 4 amide bonds. The standard InChI is InChI=1S/C10H16ClN3O3/c1-7(2)9(16)12-4-3-5-13-10(17)14-8(15)6-11/h1,3-6H2,2H3,(H,12,16)(H2,13,14,15,17).